The second-order valence-corrected chi connectivity index (χ2v) is 12.3. The average molecular weight is 553 g/mol. The maximum absolute atomic E-state index is 14.3. The predicted octanol–water partition coefficient (Wildman–Crippen LogP) is 2.06. The molecule has 0 radical (unpaired) electrons. The monoisotopic (exact) mass is 552 g/mol. The maximum atomic E-state index is 14.3. The first-order chi connectivity index (χ1) is 18.0. The van der Waals surface area contributed by atoms with Gasteiger partial charge in [0.25, 0.3) is 0 Å². The molecule has 15 heteroatoms. The lowest BCUT2D eigenvalue weighted by molar-refractivity contribution is -0.163. The van der Waals surface area contributed by atoms with Gasteiger partial charge in [-0.2, -0.15) is 14.6 Å². The third kappa shape index (κ3) is 6.25. The molecule has 1 saturated carbocycles. The topological polar surface area (TPSA) is 176 Å². The smallest absolute Gasteiger partial charge is 0.324 e. The number of hydrogen-bond donors (Lipinski definition) is 3. The van der Waals surface area contributed by atoms with Crippen LogP contribution < -0.4 is 16.1 Å². The van der Waals surface area contributed by atoms with Gasteiger partial charge < -0.3 is 29.8 Å². The summed E-state index contributed by atoms with van der Waals surface area (Å²) in [7, 11) is -3.63. The van der Waals surface area contributed by atoms with Crippen molar-refractivity contribution in [2.24, 2.45) is 0 Å². The number of ether oxygens (including phenoxy) is 3. The van der Waals surface area contributed by atoms with Crippen molar-refractivity contribution in [1.82, 2.24) is 29.3 Å². The molecule has 210 valence electrons. The molecule has 1 aliphatic heterocycles. The van der Waals surface area contributed by atoms with Gasteiger partial charge in [0.05, 0.1) is 19.0 Å². The molecule has 1 saturated heterocycles. The molecule has 4 unspecified atom stereocenters. The minimum Gasteiger partial charge on any atom is -0.462 e. The fraction of sp³-hybridized carbons (Fsp3) is 0.696. The number of imidazole rings is 1. The van der Waals surface area contributed by atoms with Crippen molar-refractivity contribution in [2.45, 2.75) is 90.9 Å². The van der Waals surface area contributed by atoms with Gasteiger partial charge in [-0.1, -0.05) is 6.92 Å². The highest BCUT2D eigenvalue weighted by atomic mass is 31.2. The largest absolute Gasteiger partial charge is 0.462 e. The Balaban J connectivity index is 1.49. The number of hydrogen-bond acceptors (Lipinski definition) is 11. The van der Waals surface area contributed by atoms with Gasteiger partial charge >= 0.3 is 11.9 Å². The van der Waals surface area contributed by atoms with Crippen molar-refractivity contribution in [2.75, 3.05) is 24.0 Å². The Morgan fingerprint density at radius 1 is 1.34 bits per heavy atom. The molecule has 38 heavy (non-hydrogen) atoms. The van der Waals surface area contributed by atoms with E-state index in [1.165, 1.54) is 4.67 Å². The van der Waals surface area contributed by atoms with Crippen molar-refractivity contribution < 1.29 is 28.4 Å². The van der Waals surface area contributed by atoms with E-state index in [1.54, 1.807) is 45.5 Å². The van der Waals surface area contributed by atoms with E-state index in [2.05, 4.69) is 25.4 Å². The molecule has 0 spiro atoms. The molecular formula is C23H37N8O6P. The number of carbonyl (C=O) groups is 2. The zero-order valence-corrected chi connectivity index (χ0v) is 23.3. The summed E-state index contributed by atoms with van der Waals surface area (Å²) in [5, 5.41) is 6.20. The van der Waals surface area contributed by atoms with Crippen LogP contribution in [0.5, 0.6) is 0 Å². The van der Waals surface area contributed by atoms with E-state index >= 15 is 0 Å². The number of nitrogen functional groups attached to an aromatic ring is 1. The second kappa shape index (κ2) is 11.5. The summed E-state index contributed by atoms with van der Waals surface area (Å²) in [6, 6.07) is -1.38. The van der Waals surface area contributed by atoms with E-state index in [-0.39, 0.29) is 25.0 Å². The summed E-state index contributed by atoms with van der Waals surface area (Å²) in [6.45, 7) is 8.92. The van der Waals surface area contributed by atoms with Crippen LogP contribution in [0.1, 0.15) is 53.9 Å². The molecule has 1 aliphatic carbocycles. The van der Waals surface area contributed by atoms with Crippen molar-refractivity contribution in [3.8, 4) is 0 Å². The van der Waals surface area contributed by atoms with Crippen LogP contribution in [0.25, 0.3) is 11.2 Å². The van der Waals surface area contributed by atoms with E-state index in [9.17, 15) is 14.2 Å². The number of nitrogens with two attached hydrogens (primary N) is 1. The molecular weight excluding hydrogens is 515 g/mol. The predicted molar refractivity (Wildman–Crippen MR) is 140 cm³/mol. The van der Waals surface area contributed by atoms with Crippen LogP contribution in [-0.4, -0.2) is 79.5 Å². The zero-order chi connectivity index (χ0) is 27.6. The fourth-order valence-corrected chi connectivity index (χ4v) is 7.07. The Labute approximate surface area is 221 Å². The number of cyclic esters (lactones) is 1. The van der Waals surface area contributed by atoms with Crippen LogP contribution in [0, 0.1) is 0 Å². The standard InChI is InChI=1S/C23H37N8O6P/c1-6-17(22(33)36-13(2)3)31-15(5)37-21(32)14(4)29-38(31,34)12-35-10-9-30-11-25-18-19(26-16-7-8-16)27-23(24)28-20(18)30/h11,13-17H,6-10,12H2,1-5H3,(H,29,34)(H3,24,26,27,28). The fourth-order valence-electron chi connectivity index (χ4n) is 4.36. The van der Waals surface area contributed by atoms with Gasteiger partial charge in [-0.15, -0.1) is 0 Å². The molecule has 4 N–H and O–H groups in total. The van der Waals surface area contributed by atoms with E-state index < -0.39 is 37.7 Å². The number of rotatable bonds is 11. The van der Waals surface area contributed by atoms with Gasteiger partial charge in [0.2, 0.25) is 13.4 Å². The van der Waals surface area contributed by atoms with E-state index in [0.29, 0.717) is 36.0 Å². The summed E-state index contributed by atoms with van der Waals surface area (Å²) in [5.74, 6) is -0.369. The highest BCUT2D eigenvalue weighted by molar-refractivity contribution is 7.59. The molecule has 14 nitrogen and oxygen atoms in total. The molecule has 4 rings (SSSR count). The number of aromatic nitrogens is 4. The van der Waals surface area contributed by atoms with E-state index in [0.717, 1.165) is 12.8 Å². The Bertz CT molecular complexity index is 1220. The van der Waals surface area contributed by atoms with E-state index in [4.69, 9.17) is 19.9 Å². The normalized spacial score (nSPS) is 25.3. The van der Waals surface area contributed by atoms with Crippen molar-refractivity contribution in [3.63, 3.8) is 0 Å². The van der Waals surface area contributed by atoms with Crippen molar-refractivity contribution >= 4 is 42.3 Å². The molecule has 2 fully saturated rings. The van der Waals surface area contributed by atoms with Crippen LogP contribution in [0.3, 0.4) is 0 Å². The van der Waals surface area contributed by atoms with Gasteiger partial charge in [0, 0.05) is 12.6 Å². The number of fused-ring (bicyclic) bond motifs is 1. The molecule has 2 aliphatic rings. The van der Waals surface area contributed by atoms with Gasteiger partial charge in [-0.3, -0.25) is 14.2 Å². The average Bonchev–Trinajstić information content (AvgIpc) is 3.57. The van der Waals surface area contributed by atoms with Crippen LogP contribution >= 0.6 is 7.44 Å². The molecule has 0 bridgehead atoms. The third-order valence-electron chi connectivity index (χ3n) is 6.25. The lowest BCUT2D eigenvalue weighted by atomic mass is 10.2. The Kier molecular flexibility index (Phi) is 8.55. The van der Waals surface area contributed by atoms with E-state index in [1.807, 2.05) is 0 Å². The Morgan fingerprint density at radius 2 is 2.08 bits per heavy atom. The van der Waals surface area contributed by atoms with Crippen molar-refractivity contribution in [3.05, 3.63) is 6.33 Å². The second-order valence-electron chi connectivity index (χ2n) is 9.87. The van der Waals surface area contributed by atoms with Gasteiger partial charge in [0.1, 0.15) is 18.4 Å². The number of nitrogens with zero attached hydrogens (tertiary/aromatic N) is 5. The van der Waals surface area contributed by atoms with Gasteiger partial charge in [0.15, 0.2) is 23.2 Å². The lowest BCUT2D eigenvalue weighted by Gasteiger charge is -2.37. The third-order valence-corrected chi connectivity index (χ3v) is 8.93. The maximum Gasteiger partial charge on any atom is 0.324 e. The minimum absolute atomic E-state index is 0.137. The minimum atomic E-state index is -3.63. The summed E-state index contributed by atoms with van der Waals surface area (Å²) in [4.78, 5) is 38.4. The molecule has 0 amide bonds. The highest BCUT2D eigenvalue weighted by Gasteiger charge is 2.48. The first kappa shape index (κ1) is 28.2. The number of nitrogens with one attached hydrogen (secondary N) is 2. The first-order valence-corrected chi connectivity index (χ1v) is 14.8. The summed E-state index contributed by atoms with van der Waals surface area (Å²) >= 11 is 0. The molecule has 3 heterocycles. The molecule has 0 aromatic carbocycles. The molecule has 4 atom stereocenters. The van der Waals surface area contributed by atoms with Crippen molar-refractivity contribution in [1.29, 1.82) is 0 Å². The zero-order valence-electron chi connectivity index (χ0n) is 22.4. The summed E-state index contributed by atoms with van der Waals surface area (Å²) < 4.78 is 34.3. The number of esters is 2. The summed E-state index contributed by atoms with van der Waals surface area (Å²) in [6.07, 6.45) is 2.53. The van der Waals surface area contributed by atoms with Gasteiger partial charge in [-0.25, -0.2) is 10.1 Å². The Morgan fingerprint density at radius 3 is 2.74 bits per heavy atom. The number of anilines is 2. The van der Waals surface area contributed by atoms with Crippen LogP contribution in [0.4, 0.5) is 11.8 Å². The van der Waals surface area contributed by atoms with Crippen LogP contribution in [0.15, 0.2) is 6.33 Å². The Hall–Kier alpha value is -2.80. The summed E-state index contributed by atoms with van der Waals surface area (Å²) in [5.41, 5.74) is 7.10. The molecule has 2 aromatic rings. The lowest BCUT2D eigenvalue weighted by Crippen LogP contribution is -2.47. The quantitative estimate of drug-likeness (QED) is 0.210. The highest BCUT2D eigenvalue weighted by Crippen LogP contribution is 2.51. The van der Waals surface area contributed by atoms with Gasteiger partial charge in [-0.05, 0) is 47.0 Å². The number of carbonyl (C=O) groups excluding carboxylic acids is 2. The van der Waals surface area contributed by atoms with Crippen LogP contribution in [-0.2, 0) is 34.9 Å². The van der Waals surface area contributed by atoms with Crippen LogP contribution in [0.2, 0.25) is 0 Å². The first-order valence-electron chi connectivity index (χ1n) is 12.9. The molecule has 2 aromatic heterocycles. The SMILES string of the molecule is CCC(C(=O)OC(C)C)N1C(C)OC(=O)C(C)NP1(=O)COCCn1cnc2c(NC3CC3)nc(N)nc21.